The lowest BCUT2D eigenvalue weighted by atomic mass is 9.92. The van der Waals surface area contributed by atoms with Gasteiger partial charge in [0.2, 0.25) is 5.91 Å². The van der Waals surface area contributed by atoms with Gasteiger partial charge in [0.05, 0.1) is 5.60 Å². The largest absolute Gasteiger partial charge is 0.390 e. The van der Waals surface area contributed by atoms with E-state index in [-0.39, 0.29) is 17.4 Å². The molecule has 0 spiro atoms. The number of rotatable bonds is 2. The smallest absolute Gasteiger partial charge is 0.222 e. The van der Waals surface area contributed by atoms with Gasteiger partial charge >= 0.3 is 0 Å². The lowest BCUT2D eigenvalue weighted by molar-refractivity contribution is -0.125. The van der Waals surface area contributed by atoms with Crippen LogP contribution in [0.5, 0.6) is 0 Å². The normalized spacial score (nSPS) is 40.6. The van der Waals surface area contributed by atoms with Gasteiger partial charge in [-0.25, -0.2) is 0 Å². The number of hydrogen-bond donors (Lipinski definition) is 2. The number of carbonyl (C=O) groups excluding carboxylic acids is 1. The van der Waals surface area contributed by atoms with Crippen LogP contribution in [0, 0.1) is 5.92 Å². The van der Waals surface area contributed by atoms with Gasteiger partial charge in [-0.2, -0.15) is 0 Å². The van der Waals surface area contributed by atoms with Crippen molar-refractivity contribution in [3.63, 3.8) is 0 Å². The van der Waals surface area contributed by atoms with Gasteiger partial charge in [0, 0.05) is 11.5 Å². The summed E-state index contributed by atoms with van der Waals surface area (Å²) < 4.78 is 0. The maximum atomic E-state index is 11.6. The van der Waals surface area contributed by atoms with Crippen molar-refractivity contribution >= 4 is 5.91 Å². The minimum atomic E-state index is -0.468. The number of nitrogens with one attached hydrogen (secondary N) is 1. The summed E-state index contributed by atoms with van der Waals surface area (Å²) in [6.45, 7) is 3.81. The number of hydrogen-bond acceptors (Lipinski definition) is 2. The van der Waals surface area contributed by atoms with E-state index in [1.54, 1.807) is 0 Å². The quantitative estimate of drug-likeness (QED) is 0.699. The van der Waals surface area contributed by atoms with Crippen molar-refractivity contribution in [2.75, 3.05) is 0 Å². The van der Waals surface area contributed by atoms with Crippen molar-refractivity contribution in [2.24, 2.45) is 5.92 Å². The standard InChI is InChI=1S/C11H19NO2/c1-8(2)9(13)12-10-3-5-11(14,7-10)6-4-10/h8,14H,3-7H2,1-2H3,(H,12,13). The van der Waals surface area contributed by atoms with Gasteiger partial charge in [-0.1, -0.05) is 13.8 Å². The Labute approximate surface area is 84.9 Å². The van der Waals surface area contributed by atoms with Crippen LogP contribution in [0.2, 0.25) is 0 Å². The second kappa shape index (κ2) is 2.96. The van der Waals surface area contributed by atoms with Gasteiger partial charge in [0.15, 0.2) is 0 Å². The van der Waals surface area contributed by atoms with Crippen molar-refractivity contribution in [3.05, 3.63) is 0 Å². The zero-order chi connectivity index (χ0) is 10.4. The number of aliphatic hydroxyl groups is 1. The van der Waals surface area contributed by atoms with Crippen molar-refractivity contribution in [3.8, 4) is 0 Å². The Morgan fingerprint density at radius 2 is 1.86 bits per heavy atom. The zero-order valence-corrected chi connectivity index (χ0v) is 8.97. The highest BCUT2D eigenvalue weighted by atomic mass is 16.3. The van der Waals surface area contributed by atoms with Crippen LogP contribution in [0.1, 0.15) is 46.0 Å². The van der Waals surface area contributed by atoms with Crippen molar-refractivity contribution in [2.45, 2.75) is 57.1 Å². The topological polar surface area (TPSA) is 49.3 Å². The van der Waals surface area contributed by atoms with E-state index in [1.807, 2.05) is 13.8 Å². The second-order valence-corrected chi connectivity index (χ2v) is 5.33. The molecular formula is C11H19NO2. The molecule has 2 fully saturated rings. The molecule has 0 radical (unpaired) electrons. The average molecular weight is 197 g/mol. The number of fused-ring (bicyclic) bond motifs is 2. The van der Waals surface area contributed by atoms with Gasteiger partial charge in [0.1, 0.15) is 0 Å². The zero-order valence-electron chi connectivity index (χ0n) is 8.97. The lowest BCUT2D eigenvalue weighted by Crippen LogP contribution is -2.46. The Morgan fingerprint density at radius 3 is 2.21 bits per heavy atom. The molecule has 2 aliphatic rings. The van der Waals surface area contributed by atoms with Gasteiger partial charge < -0.3 is 10.4 Å². The molecule has 14 heavy (non-hydrogen) atoms. The lowest BCUT2D eigenvalue weighted by Gasteiger charge is -2.28. The molecule has 0 aromatic rings. The fraction of sp³-hybridized carbons (Fsp3) is 0.909. The van der Waals surface area contributed by atoms with E-state index in [0.29, 0.717) is 0 Å². The van der Waals surface area contributed by atoms with Crippen LogP contribution in [-0.4, -0.2) is 22.2 Å². The fourth-order valence-electron chi connectivity index (χ4n) is 2.75. The molecule has 0 saturated heterocycles. The van der Waals surface area contributed by atoms with Crippen LogP contribution in [0.15, 0.2) is 0 Å². The van der Waals surface area contributed by atoms with E-state index >= 15 is 0 Å². The molecule has 2 N–H and O–H groups in total. The summed E-state index contributed by atoms with van der Waals surface area (Å²) in [7, 11) is 0. The number of amides is 1. The predicted molar refractivity (Wildman–Crippen MR) is 53.7 cm³/mol. The van der Waals surface area contributed by atoms with E-state index in [4.69, 9.17) is 0 Å². The maximum absolute atomic E-state index is 11.6. The first-order valence-electron chi connectivity index (χ1n) is 5.49. The van der Waals surface area contributed by atoms with Crippen LogP contribution in [0.4, 0.5) is 0 Å². The van der Waals surface area contributed by atoms with Crippen molar-refractivity contribution < 1.29 is 9.90 Å². The molecule has 0 aromatic heterocycles. The Bertz CT molecular complexity index is 252. The first kappa shape index (κ1) is 9.97. The van der Waals surface area contributed by atoms with Crippen LogP contribution >= 0.6 is 0 Å². The van der Waals surface area contributed by atoms with E-state index < -0.39 is 5.60 Å². The summed E-state index contributed by atoms with van der Waals surface area (Å²) in [4.78, 5) is 11.6. The first-order valence-corrected chi connectivity index (χ1v) is 5.49. The third kappa shape index (κ3) is 1.54. The maximum Gasteiger partial charge on any atom is 0.222 e. The SMILES string of the molecule is CC(C)C(=O)NC12CCC(O)(CC1)C2. The summed E-state index contributed by atoms with van der Waals surface area (Å²) in [6.07, 6.45) is 4.36. The summed E-state index contributed by atoms with van der Waals surface area (Å²) in [6, 6.07) is 0. The highest BCUT2D eigenvalue weighted by molar-refractivity contribution is 5.78. The Kier molecular flexibility index (Phi) is 2.11. The van der Waals surface area contributed by atoms with Crippen LogP contribution in [0.25, 0.3) is 0 Å². The van der Waals surface area contributed by atoms with Crippen LogP contribution in [-0.2, 0) is 4.79 Å². The molecule has 2 aliphatic carbocycles. The molecular weight excluding hydrogens is 178 g/mol. The summed E-state index contributed by atoms with van der Waals surface area (Å²) >= 11 is 0. The number of carbonyl (C=O) groups is 1. The molecule has 1 amide bonds. The minimum Gasteiger partial charge on any atom is -0.390 e. The third-order valence-corrected chi connectivity index (χ3v) is 3.72. The van der Waals surface area contributed by atoms with Crippen molar-refractivity contribution in [1.82, 2.24) is 5.32 Å². The van der Waals surface area contributed by atoms with E-state index in [2.05, 4.69) is 5.32 Å². The molecule has 3 nitrogen and oxygen atoms in total. The van der Waals surface area contributed by atoms with Gasteiger partial charge in [0.25, 0.3) is 0 Å². The van der Waals surface area contributed by atoms with Gasteiger partial charge in [-0.05, 0) is 32.1 Å². The van der Waals surface area contributed by atoms with Crippen molar-refractivity contribution in [1.29, 1.82) is 0 Å². The molecule has 0 aromatic carbocycles. The average Bonchev–Trinajstić information content (AvgIpc) is 2.57. The van der Waals surface area contributed by atoms with Crippen LogP contribution < -0.4 is 5.32 Å². The van der Waals surface area contributed by atoms with E-state index in [9.17, 15) is 9.90 Å². The minimum absolute atomic E-state index is 0.0404. The molecule has 80 valence electrons. The Morgan fingerprint density at radius 1 is 1.29 bits per heavy atom. The first-order chi connectivity index (χ1) is 6.45. The molecule has 2 rings (SSSR count). The highest BCUT2D eigenvalue weighted by Gasteiger charge is 2.54. The van der Waals surface area contributed by atoms with Gasteiger partial charge in [-0.3, -0.25) is 4.79 Å². The summed E-state index contributed by atoms with van der Waals surface area (Å²) in [5.74, 6) is 0.162. The molecule has 2 bridgehead atoms. The molecule has 0 heterocycles. The highest BCUT2D eigenvalue weighted by Crippen LogP contribution is 2.50. The van der Waals surface area contributed by atoms with Crippen LogP contribution in [0.3, 0.4) is 0 Å². The molecule has 0 atom stereocenters. The predicted octanol–water partition coefficient (Wildman–Crippen LogP) is 1.21. The molecule has 3 heteroatoms. The second-order valence-electron chi connectivity index (χ2n) is 5.33. The Hall–Kier alpha value is -0.570. The Balaban J connectivity index is 2.02. The third-order valence-electron chi connectivity index (χ3n) is 3.72. The van der Waals surface area contributed by atoms with E-state index in [0.717, 1.165) is 32.1 Å². The molecule has 0 aliphatic heterocycles. The monoisotopic (exact) mass is 197 g/mol. The summed E-state index contributed by atoms with van der Waals surface area (Å²) in [5, 5.41) is 13.1. The molecule has 2 saturated carbocycles. The van der Waals surface area contributed by atoms with E-state index in [1.165, 1.54) is 0 Å². The van der Waals surface area contributed by atoms with Gasteiger partial charge in [-0.15, -0.1) is 0 Å². The molecule has 0 unspecified atom stereocenters. The summed E-state index contributed by atoms with van der Waals surface area (Å²) in [5.41, 5.74) is -0.541. The fourth-order valence-corrected chi connectivity index (χ4v) is 2.75.